The third-order valence-corrected chi connectivity index (χ3v) is 3.34. The van der Waals surface area contributed by atoms with Crippen LogP contribution in [0.3, 0.4) is 0 Å². The first kappa shape index (κ1) is 13.9. The topological polar surface area (TPSA) is 63.2 Å². The molecule has 94 valence electrons. The van der Waals surface area contributed by atoms with Crippen molar-refractivity contribution in [3.05, 3.63) is 24.0 Å². The van der Waals surface area contributed by atoms with E-state index in [-0.39, 0.29) is 17.5 Å². The van der Waals surface area contributed by atoms with Gasteiger partial charge in [-0.15, -0.1) is 0 Å². The summed E-state index contributed by atoms with van der Waals surface area (Å²) in [7, 11) is 0.907. The number of rotatable bonds is 3. The van der Waals surface area contributed by atoms with Crippen LogP contribution in [0.1, 0.15) is 13.8 Å². The van der Waals surface area contributed by atoms with Gasteiger partial charge in [0.15, 0.2) is 0 Å². The predicted molar refractivity (Wildman–Crippen MR) is 62.9 cm³/mol. The van der Waals surface area contributed by atoms with E-state index < -0.39 is 19.8 Å². The van der Waals surface area contributed by atoms with Crippen molar-refractivity contribution >= 4 is 31.3 Å². The number of anilines is 1. The molecule has 0 heterocycles. The minimum absolute atomic E-state index is 0.185. The summed E-state index contributed by atoms with van der Waals surface area (Å²) in [5, 5.41) is 2.44. The quantitative estimate of drug-likeness (QED) is 0.864. The molecule has 1 N–H and O–H groups in total. The largest absolute Gasteiger partial charge is 0.326 e. The number of amides is 1. The molecule has 1 aromatic carbocycles. The maximum absolute atomic E-state index is 13.4. The Hall–Kier alpha value is -1.14. The second-order valence-corrected chi connectivity index (χ2v) is 6.26. The lowest BCUT2D eigenvalue weighted by Gasteiger charge is -2.08. The highest BCUT2D eigenvalue weighted by Crippen LogP contribution is 2.22. The average Bonchev–Trinajstić information content (AvgIpc) is 2.15. The molecule has 0 bridgehead atoms. The van der Waals surface area contributed by atoms with E-state index in [1.807, 2.05) is 0 Å². The molecule has 1 aromatic rings. The summed E-state index contributed by atoms with van der Waals surface area (Å²) in [5.74, 6) is -1.54. The van der Waals surface area contributed by atoms with E-state index in [2.05, 4.69) is 5.32 Å². The standard InChI is InChI=1S/C10H11ClFNO3S/c1-6(2)10(14)13-7-3-4-9(8(12)5-7)17(11,15)16/h3-6H,1-2H3,(H,13,14). The first-order chi connectivity index (χ1) is 7.71. The van der Waals surface area contributed by atoms with Gasteiger partial charge in [-0.05, 0) is 18.2 Å². The fraction of sp³-hybridized carbons (Fsp3) is 0.300. The maximum atomic E-state index is 13.4. The minimum Gasteiger partial charge on any atom is -0.326 e. The fourth-order valence-corrected chi connectivity index (χ4v) is 1.96. The average molecular weight is 280 g/mol. The van der Waals surface area contributed by atoms with Gasteiger partial charge in [-0.3, -0.25) is 4.79 Å². The Morgan fingerprint density at radius 3 is 2.41 bits per heavy atom. The van der Waals surface area contributed by atoms with Crippen LogP contribution in [0, 0.1) is 11.7 Å². The van der Waals surface area contributed by atoms with Crippen molar-refractivity contribution in [2.24, 2.45) is 5.92 Å². The Morgan fingerprint density at radius 2 is 2.00 bits per heavy atom. The molecule has 0 aliphatic rings. The molecule has 0 radical (unpaired) electrons. The van der Waals surface area contributed by atoms with Gasteiger partial charge in [-0.1, -0.05) is 13.8 Å². The molecule has 0 aliphatic carbocycles. The smallest absolute Gasteiger partial charge is 0.264 e. The number of hydrogen-bond donors (Lipinski definition) is 1. The van der Waals surface area contributed by atoms with E-state index in [0.717, 1.165) is 12.1 Å². The molecule has 1 amide bonds. The molecule has 0 aliphatic heterocycles. The maximum Gasteiger partial charge on any atom is 0.264 e. The van der Waals surface area contributed by atoms with Crippen LogP contribution in [0.15, 0.2) is 23.1 Å². The second kappa shape index (κ2) is 5.01. The zero-order valence-electron chi connectivity index (χ0n) is 9.20. The van der Waals surface area contributed by atoms with Crippen molar-refractivity contribution in [1.29, 1.82) is 0 Å². The summed E-state index contributed by atoms with van der Waals surface area (Å²) in [4.78, 5) is 10.7. The van der Waals surface area contributed by atoms with Crippen LogP contribution in [-0.2, 0) is 13.8 Å². The molecule has 1 rings (SSSR count). The monoisotopic (exact) mass is 279 g/mol. The van der Waals surface area contributed by atoms with Crippen molar-refractivity contribution in [1.82, 2.24) is 0 Å². The van der Waals surface area contributed by atoms with E-state index in [1.54, 1.807) is 13.8 Å². The molecule has 0 saturated carbocycles. The summed E-state index contributed by atoms with van der Waals surface area (Å²) in [6, 6.07) is 3.20. The van der Waals surface area contributed by atoms with Gasteiger partial charge in [0.1, 0.15) is 10.7 Å². The normalized spacial score (nSPS) is 11.6. The number of hydrogen-bond acceptors (Lipinski definition) is 3. The molecular weight excluding hydrogens is 269 g/mol. The molecule has 0 atom stereocenters. The Labute approximate surface area is 103 Å². The first-order valence-electron chi connectivity index (χ1n) is 4.77. The van der Waals surface area contributed by atoms with E-state index in [9.17, 15) is 17.6 Å². The Morgan fingerprint density at radius 1 is 1.41 bits per heavy atom. The highest BCUT2D eigenvalue weighted by molar-refractivity contribution is 8.13. The molecular formula is C10H11ClFNO3S. The lowest BCUT2D eigenvalue weighted by molar-refractivity contribution is -0.118. The highest BCUT2D eigenvalue weighted by atomic mass is 35.7. The Bertz CT molecular complexity index is 542. The molecule has 17 heavy (non-hydrogen) atoms. The summed E-state index contributed by atoms with van der Waals surface area (Å²) in [6.45, 7) is 3.37. The molecule has 0 spiro atoms. The second-order valence-electron chi connectivity index (χ2n) is 3.73. The van der Waals surface area contributed by atoms with Gasteiger partial charge in [0.05, 0.1) is 0 Å². The molecule has 0 saturated heterocycles. The van der Waals surface area contributed by atoms with E-state index in [4.69, 9.17) is 10.7 Å². The highest BCUT2D eigenvalue weighted by Gasteiger charge is 2.17. The van der Waals surface area contributed by atoms with Gasteiger partial charge < -0.3 is 5.32 Å². The van der Waals surface area contributed by atoms with Gasteiger partial charge >= 0.3 is 0 Å². The van der Waals surface area contributed by atoms with Crippen LogP contribution in [0.5, 0.6) is 0 Å². The lowest BCUT2D eigenvalue weighted by atomic mass is 10.2. The number of carbonyl (C=O) groups is 1. The summed E-state index contributed by atoms with van der Waals surface area (Å²) >= 11 is 0. The SMILES string of the molecule is CC(C)C(=O)Nc1ccc(S(=O)(=O)Cl)c(F)c1. The zero-order valence-corrected chi connectivity index (χ0v) is 10.8. The molecule has 0 aromatic heterocycles. The van der Waals surface area contributed by atoms with Gasteiger partial charge in [-0.2, -0.15) is 0 Å². The van der Waals surface area contributed by atoms with Crippen molar-refractivity contribution < 1.29 is 17.6 Å². The lowest BCUT2D eigenvalue weighted by Crippen LogP contribution is -2.17. The van der Waals surface area contributed by atoms with Crippen molar-refractivity contribution in [2.75, 3.05) is 5.32 Å². The number of nitrogens with one attached hydrogen (secondary N) is 1. The van der Waals surface area contributed by atoms with Crippen molar-refractivity contribution in [2.45, 2.75) is 18.7 Å². The van der Waals surface area contributed by atoms with Crippen LogP contribution in [-0.4, -0.2) is 14.3 Å². The third-order valence-electron chi connectivity index (χ3n) is 1.99. The van der Waals surface area contributed by atoms with Gasteiger partial charge in [0, 0.05) is 22.3 Å². The van der Waals surface area contributed by atoms with E-state index >= 15 is 0 Å². The van der Waals surface area contributed by atoms with Gasteiger partial charge in [0.2, 0.25) is 5.91 Å². The predicted octanol–water partition coefficient (Wildman–Crippen LogP) is 2.35. The van der Waals surface area contributed by atoms with E-state index in [1.165, 1.54) is 6.07 Å². The summed E-state index contributed by atoms with van der Waals surface area (Å²) in [6.07, 6.45) is 0. The van der Waals surface area contributed by atoms with Gasteiger partial charge in [-0.25, -0.2) is 12.8 Å². The fourth-order valence-electron chi connectivity index (χ4n) is 1.06. The Kier molecular flexibility index (Phi) is 4.11. The molecule has 7 heteroatoms. The zero-order chi connectivity index (χ0) is 13.2. The number of carbonyl (C=O) groups excluding carboxylic acids is 1. The first-order valence-corrected chi connectivity index (χ1v) is 7.08. The molecule has 4 nitrogen and oxygen atoms in total. The van der Waals surface area contributed by atoms with Crippen molar-refractivity contribution in [3.63, 3.8) is 0 Å². The van der Waals surface area contributed by atoms with Crippen molar-refractivity contribution in [3.8, 4) is 0 Å². The van der Waals surface area contributed by atoms with E-state index in [0.29, 0.717) is 0 Å². The van der Waals surface area contributed by atoms with Gasteiger partial charge in [0.25, 0.3) is 9.05 Å². The molecule has 0 fully saturated rings. The van der Waals surface area contributed by atoms with Crippen LogP contribution in [0.2, 0.25) is 0 Å². The van der Waals surface area contributed by atoms with Crippen LogP contribution in [0.4, 0.5) is 10.1 Å². The van der Waals surface area contributed by atoms with Crippen LogP contribution < -0.4 is 5.32 Å². The van der Waals surface area contributed by atoms with Crippen LogP contribution in [0.25, 0.3) is 0 Å². The summed E-state index contributed by atoms with van der Waals surface area (Å²) in [5.41, 5.74) is 0.185. The Balaban J connectivity index is 3.02. The van der Waals surface area contributed by atoms with Crippen LogP contribution >= 0.6 is 10.7 Å². The summed E-state index contributed by atoms with van der Waals surface area (Å²) < 4.78 is 35.2. The number of benzene rings is 1. The third kappa shape index (κ3) is 3.67. The number of halogens is 2. The minimum atomic E-state index is -4.11. The molecule has 0 unspecified atom stereocenters.